The van der Waals surface area contributed by atoms with Crippen molar-refractivity contribution in [1.29, 1.82) is 0 Å². The highest BCUT2D eigenvalue weighted by atomic mass is 35.5. The molecule has 2 rings (SSSR count). The monoisotopic (exact) mass is 417 g/mol. The number of nitrogens with one attached hydrogen (secondary N) is 1. The van der Waals surface area contributed by atoms with E-state index in [1.165, 1.54) is 6.08 Å². The Hall–Kier alpha value is -2.99. The van der Waals surface area contributed by atoms with E-state index in [1.54, 1.807) is 49.6 Å². The number of ether oxygens (including phenoxy) is 3. The maximum atomic E-state index is 12.0. The molecule has 1 amide bonds. The number of halogens is 1. The second-order valence-corrected chi connectivity index (χ2v) is 6.56. The molecule has 0 radical (unpaired) electrons. The van der Waals surface area contributed by atoms with E-state index in [0.717, 1.165) is 11.1 Å². The average Bonchev–Trinajstić information content (AvgIpc) is 2.71. The second-order valence-electron chi connectivity index (χ2n) is 6.13. The van der Waals surface area contributed by atoms with E-state index >= 15 is 0 Å². The van der Waals surface area contributed by atoms with E-state index in [9.17, 15) is 9.59 Å². The molecule has 154 valence electrons. The van der Waals surface area contributed by atoms with Crippen LogP contribution in [0.4, 0.5) is 0 Å². The molecule has 0 saturated carbocycles. The van der Waals surface area contributed by atoms with Gasteiger partial charge in [-0.25, -0.2) is 4.79 Å². The number of esters is 1. The van der Waals surface area contributed by atoms with Gasteiger partial charge in [-0.05, 0) is 55.3 Å². The highest BCUT2D eigenvalue weighted by Gasteiger charge is 2.11. The Morgan fingerprint density at radius 1 is 1.17 bits per heavy atom. The normalized spacial score (nSPS) is 11.7. The van der Waals surface area contributed by atoms with E-state index in [0.29, 0.717) is 23.1 Å². The zero-order valence-electron chi connectivity index (χ0n) is 16.6. The number of hydrogen-bond donors (Lipinski definition) is 1. The van der Waals surface area contributed by atoms with E-state index < -0.39 is 11.9 Å². The number of amides is 1. The van der Waals surface area contributed by atoms with Gasteiger partial charge in [-0.15, -0.1) is 0 Å². The number of carbonyl (C=O) groups excluding carboxylic acids is 2. The zero-order valence-corrected chi connectivity index (χ0v) is 17.4. The van der Waals surface area contributed by atoms with Gasteiger partial charge in [0, 0.05) is 11.1 Å². The van der Waals surface area contributed by atoms with Gasteiger partial charge in [0.25, 0.3) is 5.91 Å². The Kier molecular flexibility index (Phi) is 8.55. The predicted octanol–water partition coefficient (Wildman–Crippen LogP) is 4.18. The fraction of sp³-hybridized carbons (Fsp3) is 0.273. The first kappa shape index (κ1) is 22.3. The van der Waals surface area contributed by atoms with Crippen LogP contribution in [0.5, 0.6) is 11.5 Å². The van der Waals surface area contributed by atoms with E-state index in [-0.39, 0.29) is 12.6 Å². The molecule has 1 atom stereocenters. The first-order valence-electron chi connectivity index (χ1n) is 9.13. The fourth-order valence-corrected chi connectivity index (χ4v) is 2.75. The summed E-state index contributed by atoms with van der Waals surface area (Å²) in [5.41, 5.74) is 1.60. The molecule has 0 aliphatic rings. The van der Waals surface area contributed by atoms with Gasteiger partial charge >= 0.3 is 5.97 Å². The van der Waals surface area contributed by atoms with Gasteiger partial charge in [0.1, 0.15) is 0 Å². The van der Waals surface area contributed by atoms with Crippen LogP contribution in [0, 0.1) is 0 Å². The molecule has 0 fully saturated rings. The lowest BCUT2D eigenvalue weighted by molar-refractivity contribution is -0.144. The lowest BCUT2D eigenvalue weighted by Gasteiger charge is -2.14. The standard InChI is InChI=1S/C22H24ClNO5/c1-4-28-19-10-8-16(12-20(19)27-3)9-11-22(26)29-14-21(25)24-15(2)17-6-5-7-18(23)13-17/h5-13,15H,4,14H2,1-3H3,(H,24,25)/b11-9+/t15-/m1/s1. The summed E-state index contributed by atoms with van der Waals surface area (Å²) in [5.74, 6) is 0.169. The third-order valence-corrected chi connectivity index (χ3v) is 4.21. The molecular weight excluding hydrogens is 394 g/mol. The molecule has 0 spiro atoms. The lowest BCUT2D eigenvalue weighted by atomic mass is 10.1. The van der Waals surface area contributed by atoms with Crippen molar-refractivity contribution in [1.82, 2.24) is 5.32 Å². The van der Waals surface area contributed by atoms with Gasteiger partial charge in [0.05, 0.1) is 19.8 Å². The first-order valence-corrected chi connectivity index (χ1v) is 9.51. The van der Waals surface area contributed by atoms with Crippen LogP contribution in [0.25, 0.3) is 6.08 Å². The van der Waals surface area contributed by atoms with Gasteiger partial charge in [-0.2, -0.15) is 0 Å². The first-order chi connectivity index (χ1) is 13.9. The second kappa shape index (κ2) is 11.1. The highest BCUT2D eigenvalue weighted by Crippen LogP contribution is 2.28. The summed E-state index contributed by atoms with van der Waals surface area (Å²) >= 11 is 5.95. The molecule has 0 heterocycles. The van der Waals surface area contributed by atoms with Gasteiger partial charge in [-0.3, -0.25) is 4.79 Å². The van der Waals surface area contributed by atoms with Crippen LogP contribution < -0.4 is 14.8 Å². The van der Waals surface area contributed by atoms with Gasteiger partial charge in [0.15, 0.2) is 18.1 Å². The van der Waals surface area contributed by atoms with Gasteiger partial charge in [-0.1, -0.05) is 29.8 Å². The Labute approximate surface area is 175 Å². The van der Waals surface area contributed by atoms with E-state index in [4.69, 9.17) is 25.8 Å². The SMILES string of the molecule is CCOc1ccc(/C=C/C(=O)OCC(=O)N[C@H](C)c2cccc(Cl)c2)cc1OC. The minimum atomic E-state index is -0.622. The van der Waals surface area contributed by atoms with Crippen molar-refractivity contribution in [3.63, 3.8) is 0 Å². The molecule has 0 bridgehead atoms. The largest absolute Gasteiger partial charge is 0.493 e. The summed E-state index contributed by atoms with van der Waals surface area (Å²) in [5, 5.41) is 3.35. The summed E-state index contributed by atoms with van der Waals surface area (Å²) in [6.45, 7) is 3.86. The molecule has 2 aromatic rings. The Balaban J connectivity index is 1.85. The third kappa shape index (κ3) is 7.16. The number of rotatable bonds is 9. The van der Waals surface area contributed by atoms with Crippen molar-refractivity contribution in [2.75, 3.05) is 20.3 Å². The Morgan fingerprint density at radius 3 is 2.66 bits per heavy atom. The maximum absolute atomic E-state index is 12.0. The number of hydrogen-bond acceptors (Lipinski definition) is 5. The van der Waals surface area contributed by atoms with Crippen LogP contribution >= 0.6 is 11.6 Å². The quantitative estimate of drug-likeness (QED) is 0.489. The molecule has 6 nitrogen and oxygen atoms in total. The zero-order chi connectivity index (χ0) is 21.2. The average molecular weight is 418 g/mol. The third-order valence-electron chi connectivity index (χ3n) is 3.97. The minimum absolute atomic E-state index is 0.258. The smallest absolute Gasteiger partial charge is 0.331 e. The topological polar surface area (TPSA) is 73.9 Å². The molecule has 2 aromatic carbocycles. The lowest BCUT2D eigenvalue weighted by Crippen LogP contribution is -2.30. The van der Waals surface area contributed by atoms with E-state index in [1.807, 2.05) is 19.9 Å². The summed E-state index contributed by atoms with van der Waals surface area (Å²) < 4.78 is 15.7. The van der Waals surface area contributed by atoms with E-state index in [2.05, 4.69) is 5.32 Å². The Bertz CT molecular complexity index is 881. The predicted molar refractivity (Wildman–Crippen MR) is 112 cm³/mol. The maximum Gasteiger partial charge on any atom is 0.331 e. The van der Waals surface area contributed by atoms with Crippen molar-refractivity contribution in [2.24, 2.45) is 0 Å². The van der Waals surface area contributed by atoms with Crippen LogP contribution in [0.2, 0.25) is 5.02 Å². The molecule has 0 saturated heterocycles. The highest BCUT2D eigenvalue weighted by molar-refractivity contribution is 6.30. The number of benzene rings is 2. The van der Waals surface area contributed by atoms with Gasteiger partial charge < -0.3 is 19.5 Å². The number of carbonyl (C=O) groups is 2. The molecule has 1 N–H and O–H groups in total. The molecule has 0 aromatic heterocycles. The van der Waals surface area contributed by atoms with Crippen LogP contribution in [0.1, 0.15) is 31.0 Å². The summed E-state index contributed by atoms with van der Waals surface area (Å²) in [4.78, 5) is 23.9. The molecule has 0 unspecified atom stereocenters. The fourth-order valence-electron chi connectivity index (χ4n) is 2.55. The molecular formula is C22H24ClNO5. The van der Waals surface area contributed by atoms with Crippen LogP contribution in [-0.4, -0.2) is 32.2 Å². The summed E-state index contributed by atoms with van der Waals surface area (Å²) in [6, 6.07) is 12.2. The van der Waals surface area contributed by atoms with Gasteiger partial charge in [0.2, 0.25) is 0 Å². The van der Waals surface area contributed by atoms with Crippen molar-refractivity contribution < 1.29 is 23.8 Å². The van der Waals surface area contributed by atoms with Crippen LogP contribution in [-0.2, 0) is 14.3 Å². The van der Waals surface area contributed by atoms with Crippen molar-refractivity contribution >= 4 is 29.6 Å². The Morgan fingerprint density at radius 2 is 1.97 bits per heavy atom. The summed E-state index contributed by atoms with van der Waals surface area (Å²) in [6.07, 6.45) is 2.83. The minimum Gasteiger partial charge on any atom is -0.493 e. The van der Waals surface area contributed by atoms with Crippen molar-refractivity contribution in [3.8, 4) is 11.5 Å². The van der Waals surface area contributed by atoms with Crippen molar-refractivity contribution in [2.45, 2.75) is 19.9 Å². The number of methoxy groups -OCH3 is 1. The van der Waals surface area contributed by atoms with Crippen LogP contribution in [0.15, 0.2) is 48.5 Å². The molecule has 0 aliphatic heterocycles. The molecule has 0 aliphatic carbocycles. The molecule has 7 heteroatoms. The summed E-state index contributed by atoms with van der Waals surface area (Å²) in [7, 11) is 1.54. The van der Waals surface area contributed by atoms with Crippen LogP contribution in [0.3, 0.4) is 0 Å². The van der Waals surface area contributed by atoms with Crippen molar-refractivity contribution in [3.05, 3.63) is 64.7 Å². The molecule has 29 heavy (non-hydrogen) atoms.